The largest absolute Gasteiger partial charge is 0.493 e. The number of aryl methyl sites for hydroxylation is 1. The standard InChI is InChI=1S/C28H30N4O4S/c1-5-28(3,4)20-12-16-22(17-13-20)37(35,36)32(21-14-10-19(2)11-15-21)18-25(33)30-31-26-23-8-6-7-9-24(23)29-27(26)34/h6-17,29,34H,5,18H2,1-4H3. The van der Waals surface area contributed by atoms with Crippen LogP contribution in [0.4, 0.5) is 11.4 Å². The number of anilines is 1. The van der Waals surface area contributed by atoms with Crippen molar-refractivity contribution in [2.24, 2.45) is 10.2 Å². The summed E-state index contributed by atoms with van der Waals surface area (Å²) in [5.74, 6) is -1.01. The van der Waals surface area contributed by atoms with Crippen molar-refractivity contribution in [3.05, 3.63) is 83.9 Å². The maximum Gasteiger partial charge on any atom is 0.285 e. The van der Waals surface area contributed by atoms with Crippen LogP contribution >= 0.6 is 0 Å². The van der Waals surface area contributed by atoms with Gasteiger partial charge in [0.2, 0.25) is 5.88 Å². The van der Waals surface area contributed by atoms with Crippen molar-refractivity contribution in [2.75, 3.05) is 10.8 Å². The number of hydrogen-bond acceptors (Lipinski definition) is 5. The Morgan fingerprint density at radius 1 is 1.00 bits per heavy atom. The first kappa shape index (κ1) is 26.1. The molecule has 0 atom stereocenters. The number of nitrogens with one attached hydrogen (secondary N) is 1. The Kier molecular flexibility index (Phi) is 7.18. The lowest BCUT2D eigenvalue weighted by Crippen LogP contribution is -2.35. The minimum absolute atomic E-state index is 0.0720. The van der Waals surface area contributed by atoms with Crippen molar-refractivity contribution in [3.8, 4) is 5.88 Å². The molecule has 0 radical (unpaired) electrons. The molecule has 37 heavy (non-hydrogen) atoms. The van der Waals surface area contributed by atoms with Crippen LogP contribution in [0.25, 0.3) is 10.9 Å². The first-order valence-corrected chi connectivity index (χ1v) is 13.4. The van der Waals surface area contributed by atoms with Gasteiger partial charge in [0.05, 0.1) is 16.1 Å². The molecule has 0 aliphatic rings. The maximum absolute atomic E-state index is 13.7. The lowest BCUT2D eigenvalue weighted by Gasteiger charge is -2.25. The molecular weight excluding hydrogens is 488 g/mol. The highest BCUT2D eigenvalue weighted by molar-refractivity contribution is 7.92. The third-order valence-electron chi connectivity index (χ3n) is 6.63. The number of H-pyrrole nitrogens is 1. The molecule has 0 bridgehead atoms. The molecule has 4 aromatic rings. The first-order valence-electron chi connectivity index (χ1n) is 12.0. The fourth-order valence-electron chi connectivity index (χ4n) is 3.91. The number of aromatic hydroxyl groups is 1. The highest BCUT2D eigenvalue weighted by atomic mass is 32.2. The van der Waals surface area contributed by atoms with E-state index in [1.165, 1.54) is 0 Å². The van der Waals surface area contributed by atoms with E-state index in [-0.39, 0.29) is 21.9 Å². The zero-order valence-electron chi connectivity index (χ0n) is 21.3. The Labute approximate surface area is 216 Å². The average molecular weight is 519 g/mol. The second-order valence-corrected chi connectivity index (χ2v) is 11.4. The predicted octanol–water partition coefficient (Wildman–Crippen LogP) is 6.38. The molecule has 1 aromatic heterocycles. The fraction of sp³-hybridized carbons (Fsp3) is 0.250. The quantitative estimate of drug-likeness (QED) is 0.264. The van der Waals surface area contributed by atoms with Crippen LogP contribution in [0.2, 0.25) is 0 Å². The number of rotatable bonds is 8. The molecule has 0 aliphatic carbocycles. The van der Waals surface area contributed by atoms with E-state index in [0.29, 0.717) is 16.6 Å². The molecule has 0 unspecified atom stereocenters. The second-order valence-electron chi connectivity index (χ2n) is 9.57. The summed E-state index contributed by atoms with van der Waals surface area (Å²) in [6, 6.07) is 20.7. The molecule has 1 amide bonds. The van der Waals surface area contributed by atoms with Gasteiger partial charge in [0.25, 0.3) is 15.9 Å². The number of nitrogens with zero attached hydrogens (tertiary/aromatic N) is 3. The molecule has 1 heterocycles. The van der Waals surface area contributed by atoms with Gasteiger partial charge in [-0.15, -0.1) is 10.2 Å². The summed E-state index contributed by atoms with van der Waals surface area (Å²) in [4.78, 5) is 15.7. The van der Waals surface area contributed by atoms with Crippen molar-refractivity contribution in [1.29, 1.82) is 0 Å². The lowest BCUT2D eigenvalue weighted by atomic mass is 9.82. The van der Waals surface area contributed by atoms with Gasteiger partial charge in [-0.1, -0.05) is 68.8 Å². The van der Waals surface area contributed by atoms with Gasteiger partial charge in [-0.2, -0.15) is 0 Å². The van der Waals surface area contributed by atoms with Crippen molar-refractivity contribution in [1.82, 2.24) is 4.98 Å². The third-order valence-corrected chi connectivity index (χ3v) is 8.42. The van der Waals surface area contributed by atoms with Gasteiger partial charge >= 0.3 is 0 Å². The zero-order valence-corrected chi connectivity index (χ0v) is 22.1. The number of carbonyl (C=O) groups excluding carboxylic acids is 1. The van der Waals surface area contributed by atoms with Crippen molar-refractivity contribution >= 4 is 38.2 Å². The Morgan fingerprint density at radius 3 is 2.30 bits per heavy atom. The van der Waals surface area contributed by atoms with Gasteiger partial charge in [-0.3, -0.25) is 9.10 Å². The minimum atomic E-state index is -4.09. The number of carbonyl (C=O) groups is 1. The van der Waals surface area contributed by atoms with E-state index >= 15 is 0 Å². The number of azo groups is 1. The topological polar surface area (TPSA) is 115 Å². The van der Waals surface area contributed by atoms with Crippen LogP contribution in [0.1, 0.15) is 38.3 Å². The summed E-state index contributed by atoms with van der Waals surface area (Å²) in [5.41, 5.74) is 2.97. The van der Waals surface area contributed by atoms with Gasteiger partial charge in [-0.25, -0.2) is 8.42 Å². The molecule has 0 fully saturated rings. The minimum Gasteiger partial charge on any atom is -0.493 e. The fourth-order valence-corrected chi connectivity index (χ4v) is 5.32. The highest BCUT2D eigenvalue weighted by Crippen LogP contribution is 2.35. The zero-order chi connectivity index (χ0) is 26.8. The summed E-state index contributed by atoms with van der Waals surface area (Å²) < 4.78 is 28.4. The van der Waals surface area contributed by atoms with Crippen molar-refractivity contribution in [3.63, 3.8) is 0 Å². The van der Waals surface area contributed by atoms with Crippen LogP contribution in [-0.4, -0.2) is 31.0 Å². The molecule has 192 valence electrons. The van der Waals surface area contributed by atoms with Gasteiger partial charge in [0.1, 0.15) is 6.54 Å². The summed E-state index contributed by atoms with van der Waals surface area (Å²) >= 11 is 0. The molecule has 3 aromatic carbocycles. The lowest BCUT2D eigenvalue weighted by molar-refractivity contribution is -0.116. The van der Waals surface area contributed by atoms with Gasteiger partial charge in [0.15, 0.2) is 5.69 Å². The first-order chi connectivity index (χ1) is 17.5. The number of aromatic amines is 1. The molecule has 0 saturated carbocycles. The number of hydrogen-bond donors (Lipinski definition) is 2. The molecular formula is C28H30N4O4S. The molecule has 9 heteroatoms. The monoisotopic (exact) mass is 518 g/mol. The number of sulfonamides is 1. The normalized spacial score (nSPS) is 12.3. The van der Waals surface area contributed by atoms with Crippen LogP contribution < -0.4 is 4.31 Å². The predicted molar refractivity (Wildman–Crippen MR) is 145 cm³/mol. The van der Waals surface area contributed by atoms with E-state index in [0.717, 1.165) is 21.9 Å². The smallest absolute Gasteiger partial charge is 0.285 e. The molecule has 8 nitrogen and oxygen atoms in total. The van der Waals surface area contributed by atoms with Crippen LogP contribution in [-0.2, 0) is 20.2 Å². The van der Waals surface area contributed by atoms with Crippen LogP contribution in [0.5, 0.6) is 5.88 Å². The number of aromatic nitrogens is 1. The van der Waals surface area contributed by atoms with Gasteiger partial charge in [0, 0.05) is 5.39 Å². The van der Waals surface area contributed by atoms with E-state index in [4.69, 9.17) is 0 Å². The number of para-hydroxylation sites is 1. The Balaban J connectivity index is 1.66. The van der Waals surface area contributed by atoms with Crippen molar-refractivity contribution in [2.45, 2.75) is 44.4 Å². The molecule has 0 spiro atoms. The van der Waals surface area contributed by atoms with E-state index in [9.17, 15) is 18.3 Å². The van der Waals surface area contributed by atoms with Gasteiger partial charge < -0.3 is 10.1 Å². The third kappa shape index (κ3) is 5.41. The Hall–Kier alpha value is -3.98. The number of fused-ring (bicyclic) bond motifs is 1. The number of amides is 1. The summed E-state index contributed by atoms with van der Waals surface area (Å²) in [7, 11) is -4.09. The Bertz CT molecular complexity index is 1550. The van der Waals surface area contributed by atoms with E-state index in [1.54, 1.807) is 60.7 Å². The Morgan fingerprint density at radius 2 is 1.65 bits per heavy atom. The molecule has 0 aliphatic heterocycles. The summed E-state index contributed by atoms with van der Waals surface area (Å²) in [5, 5.41) is 18.4. The molecule has 2 N–H and O–H groups in total. The van der Waals surface area contributed by atoms with E-state index in [1.807, 2.05) is 19.1 Å². The van der Waals surface area contributed by atoms with Crippen LogP contribution in [0, 0.1) is 6.92 Å². The van der Waals surface area contributed by atoms with E-state index in [2.05, 4.69) is 36.0 Å². The van der Waals surface area contributed by atoms with Gasteiger partial charge in [-0.05, 0) is 54.7 Å². The average Bonchev–Trinajstić information content (AvgIpc) is 3.21. The maximum atomic E-state index is 13.7. The van der Waals surface area contributed by atoms with Crippen molar-refractivity contribution < 1.29 is 18.3 Å². The van der Waals surface area contributed by atoms with Crippen LogP contribution in [0.15, 0.2) is 87.9 Å². The molecule has 0 saturated heterocycles. The van der Waals surface area contributed by atoms with Crippen LogP contribution in [0.3, 0.4) is 0 Å². The van der Waals surface area contributed by atoms with E-state index < -0.39 is 22.5 Å². The highest BCUT2D eigenvalue weighted by Gasteiger charge is 2.28. The second kappa shape index (κ2) is 10.2. The summed E-state index contributed by atoms with van der Waals surface area (Å²) in [6.07, 6.45) is 0.903. The number of benzene rings is 3. The molecule has 4 rings (SSSR count). The summed E-state index contributed by atoms with van der Waals surface area (Å²) in [6.45, 7) is 7.62. The SMILES string of the molecule is CCC(C)(C)c1ccc(S(=O)(=O)N(CC(=O)N=Nc2c(O)[nH]c3ccccc23)c2ccc(C)cc2)cc1.